The summed E-state index contributed by atoms with van der Waals surface area (Å²) in [7, 11) is 0. The summed E-state index contributed by atoms with van der Waals surface area (Å²) >= 11 is 5.84. The second-order valence-electron chi connectivity index (χ2n) is 9.34. The first kappa shape index (κ1) is 29.2. The molecule has 0 unspecified atom stereocenters. The topological polar surface area (TPSA) is 125 Å². The molecule has 3 aromatic rings. The number of hydrogen-bond acceptors (Lipinski definition) is 5. The molecular formula is C27H30ClF2N3O5. The normalized spacial score (nSPS) is 12.9. The first-order valence-electron chi connectivity index (χ1n) is 12.1. The van der Waals surface area contributed by atoms with Crippen LogP contribution in [0.2, 0.25) is 5.02 Å². The molecule has 0 saturated carbocycles. The number of aromatic nitrogens is 2. The number of carbonyl (C=O) groups is 2. The van der Waals surface area contributed by atoms with Crippen LogP contribution in [0.5, 0.6) is 0 Å². The Labute approximate surface area is 223 Å². The van der Waals surface area contributed by atoms with E-state index in [1.807, 2.05) is 13.8 Å². The number of aliphatic carboxylic acids is 1. The van der Waals surface area contributed by atoms with Crippen LogP contribution in [0, 0.1) is 11.6 Å². The summed E-state index contributed by atoms with van der Waals surface area (Å²) in [6.07, 6.45) is -2.67. The van der Waals surface area contributed by atoms with Gasteiger partial charge in [0.05, 0.1) is 29.3 Å². The summed E-state index contributed by atoms with van der Waals surface area (Å²) in [5.74, 6) is -2.43. The van der Waals surface area contributed by atoms with E-state index >= 15 is 0 Å². The van der Waals surface area contributed by atoms with Gasteiger partial charge in [-0.05, 0) is 60.7 Å². The first-order valence-corrected chi connectivity index (χ1v) is 12.5. The van der Waals surface area contributed by atoms with Gasteiger partial charge in [-0.1, -0.05) is 31.5 Å². The lowest BCUT2D eigenvalue weighted by Gasteiger charge is -2.19. The number of aliphatic hydroxyl groups excluding tert-OH is 2. The molecule has 2 atom stereocenters. The molecule has 0 aliphatic rings. The minimum atomic E-state index is -1.20. The monoisotopic (exact) mass is 549 g/mol. The van der Waals surface area contributed by atoms with Crippen molar-refractivity contribution in [1.82, 2.24) is 14.9 Å². The lowest BCUT2D eigenvalue weighted by atomic mass is 10.0. The van der Waals surface area contributed by atoms with Gasteiger partial charge in [0.25, 0.3) is 5.91 Å². The number of imidazole rings is 1. The smallest absolute Gasteiger partial charge is 0.305 e. The number of aliphatic hydroxyl groups is 2. The Hall–Kier alpha value is -3.34. The van der Waals surface area contributed by atoms with Gasteiger partial charge in [0.1, 0.15) is 23.2 Å². The average Bonchev–Trinajstić information content (AvgIpc) is 3.23. The molecule has 1 heterocycles. The van der Waals surface area contributed by atoms with Crippen LogP contribution in [0.25, 0.3) is 11.4 Å². The Morgan fingerprint density at radius 2 is 1.76 bits per heavy atom. The minimum Gasteiger partial charge on any atom is -0.481 e. The van der Waals surface area contributed by atoms with Crippen molar-refractivity contribution < 1.29 is 33.7 Å². The summed E-state index contributed by atoms with van der Waals surface area (Å²) in [5.41, 5.74) is 1.88. The average molecular weight is 550 g/mol. The van der Waals surface area contributed by atoms with Crippen molar-refractivity contribution in [3.05, 3.63) is 76.1 Å². The molecule has 11 heteroatoms. The highest BCUT2D eigenvalue weighted by Gasteiger charge is 2.26. The van der Waals surface area contributed by atoms with Crippen LogP contribution in [-0.4, -0.2) is 49.0 Å². The molecular weight excluding hydrogens is 520 g/mol. The van der Waals surface area contributed by atoms with E-state index in [0.717, 1.165) is 0 Å². The van der Waals surface area contributed by atoms with Crippen molar-refractivity contribution in [1.29, 1.82) is 0 Å². The number of halogens is 3. The van der Waals surface area contributed by atoms with E-state index in [-0.39, 0.29) is 42.6 Å². The van der Waals surface area contributed by atoms with E-state index in [0.29, 0.717) is 22.6 Å². The van der Waals surface area contributed by atoms with Gasteiger partial charge < -0.3 is 25.2 Å². The lowest BCUT2D eigenvalue weighted by molar-refractivity contribution is -0.139. The van der Waals surface area contributed by atoms with Gasteiger partial charge >= 0.3 is 5.97 Å². The van der Waals surface area contributed by atoms with Crippen LogP contribution in [0.15, 0.2) is 42.5 Å². The predicted molar refractivity (Wildman–Crippen MR) is 138 cm³/mol. The highest BCUT2D eigenvalue weighted by Crippen LogP contribution is 2.29. The summed E-state index contributed by atoms with van der Waals surface area (Å²) in [6, 6.07) is 9.76. The second-order valence-corrected chi connectivity index (χ2v) is 9.75. The van der Waals surface area contributed by atoms with Crippen LogP contribution >= 0.6 is 11.6 Å². The van der Waals surface area contributed by atoms with E-state index in [1.54, 1.807) is 4.57 Å². The number of carbonyl (C=O) groups excluding carboxylic acids is 1. The number of benzene rings is 2. The molecule has 0 aliphatic heterocycles. The number of rotatable bonds is 12. The van der Waals surface area contributed by atoms with Crippen LogP contribution < -0.4 is 5.32 Å². The Balaban J connectivity index is 1.91. The van der Waals surface area contributed by atoms with Crippen molar-refractivity contribution in [3.8, 4) is 11.4 Å². The molecule has 204 valence electrons. The van der Waals surface area contributed by atoms with Crippen molar-refractivity contribution in [2.75, 3.05) is 0 Å². The van der Waals surface area contributed by atoms with Crippen molar-refractivity contribution >= 4 is 23.5 Å². The van der Waals surface area contributed by atoms with E-state index < -0.39 is 42.1 Å². The minimum absolute atomic E-state index is 0.0606. The standard InChI is InChI=1S/C27H30ClF2N3O5/c1-15(2)25-24(27(38)31-14-16-3-8-22(30)21(28)11-16)32-26(17-4-6-18(29)7-5-17)33(25)10-9-19(34)12-20(35)13-23(36)37/h3-8,11,15,19-20,34-35H,9-10,12-14H2,1-2H3,(H,31,38)(H,36,37)/t19-,20-/m1/s1. The Bertz CT molecular complexity index is 1280. The molecule has 0 saturated heterocycles. The molecule has 0 aliphatic carbocycles. The van der Waals surface area contributed by atoms with Crippen LogP contribution in [0.3, 0.4) is 0 Å². The summed E-state index contributed by atoms with van der Waals surface area (Å²) < 4.78 is 28.9. The molecule has 3 rings (SSSR count). The second kappa shape index (κ2) is 12.9. The molecule has 8 nitrogen and oxygen atoms in total. The third-order valence-electron chi connectivity index (χ3n) is 5.95. The molecule has 0 bridgehead atoms. The SMILES string of the molecule is CC(C)c1c(C(=O)NCc2ccc(F)c(Cl)c2)nc(-c2ccc(F)cc2)n1CC[C@@H](O)C[C@@H](O)CC(=O)O. The van der Waals surface area contributed by atoms with Gasteiger partial charge in [-0.2, -0.15) is 0 Å². The molecule has 1 amide bonds. The van der Waals surface area contributed by atoms with Gasteiger partial charge in [0.2, 0.25) is 0 Å². The summed E-state index contributed by atoms with van der Waals surface area (Å²) in [6.45, 7) is 4.04. The maximum absolute atomic E-state index is 13.6. The number of nitrogens with one attached hydrogen (secondary N) is 1. The fourth-order valence-corrected chi connectivity index (χ4v) is 4.38. The molecule has 38 heavy (non-hydrogen) atoms. The maximum Gasteiger partial charge on any atom is 0.305 e. The fourth-order valence-electron chi connectivity index (χ4n) is 4.17. The quantitative estimate of drug-likeness (QED) is 0.263. The zero-order chi connectivity index (χ0) is 28.0. The fraction of sp³-hybridized carbons (Fsp3) is 0.370. The zero-order valence-corrected chi connectivity index (χ0v) is 21.8. The maximum atomic E-state index is 13.6. The summed E-state index contributed by atoms with van der Waals surface area (Å²) in [4.78, 5) is 28.6. The van der Waals surface area contributed by atoms with E-state index in [9.17, 15) is 28.6 Å². The molecule has 0 radical (unpaired) electrons. The largest absolute Gasteiger partial charge is 0.481 e. The number of carboxylic acid groups (broad SMARTS) is 1. The van der Waals surface area contributed by atoms with Crippen LogP contribution in [0.4, 0.5) is 8.78 Å². The lowest BCUT2D eigenvalue weighted by Crippen LogP contribution is -2.25. The van der Waals surface area contributed by atoms with Gasteiger partial charge in [0.15, 0.2) is 0 Å². The van der Waals surface area contributed by atoms with Gasteiger partial charge in [-0.15, -0.1) is 0 Å². The van der Waals surface area contributed by atoms with Crippen LogP contribution in [-0.2, 0) is 17.9 Å². The van der Waals surface area contributed by atoms with Gasteiger partial charge in [-0.3, -0.25) is 9.59 Å². The zero-order valence-electron chi connectivity index (χ0n) is 21.0. The Morgan fingerprint density at radius 1 is 1.08 bits per heavy atom. The van der Waals surface area contributed by atoms with E-state index in [1.165, 1.54) is 42.5 Å². The van der Waals surface area contributed by atoms with Crippen molar-refractivity contribution in [2.24, 2.45) is 0 Å². The predicted octanol–water partition coefficient (Wildman–Crippen LogP) is 4.51. The summed E-state index contributed by atoms with van der Waals surface area (Å²) in [5, 5.41) is 31.9. The molecule has 4 N–H and O–H groups in total. The number of amides is 1. The highest BCUT2D eigenvalue weighted by molar-refractivity contribution is 6.30. The van der Waals surface area contributed by atoms with Gasteiger partial charge in [0, 0.05) is 18.7 Å². The highest BCUT2D eigenvalue weighted by atomic mass is 35.5. The van der Waals surface area contributed by atoms with Gasteiger partial charge in [-0.25, -0.2) is 13.8 Å². The van der Waals surface area contributed by atoms with E-state index in [2.05, 4.69) is 10.3 Å². The third-order valence-corrected chi connectivity index (χ3v) is 6.24. The Kier molecular flexibility index (Phi) is 9.96. The van der Waals surface area contributed by atoms with Crippen molar-refractivity contribution in [3.63, 3.8) is 0 Å². The molecule has 0 fully saturated rings. The molecule has 2 aromatic carbocycles. The number of hydrogen-bond donors (Lipinski definition) is 4. The molecule has 1 aromatic heterocycles. The van der Waals surface area contributed by atoms with Crippen LogP contribution in [0.1, 0.15) is 60.8 Å². The Morgan fingerprint density at radius 3 is 2.37 bits per heavy atom. The number of carboxylic acids is 1. The third kappa shape index (κ3) is 7.59. The first-order chi connectivity index (χ1) is 18.0. The number of nitrogens with zero attached hydrogens (tertiary/aromatic N) is 2. The van der Waals surface area contributed by atoms with Crippen molar-refractivity contribution in [2.45, 2.75) is 64.3 Å². The molecule has 0 spiro atoms. The van der Waals surface area contributed by atoms with E-state index in [4.69, 9.17) is 16.7 Å².